The Morgan fingerprint density at radius 1 is 1.18 bits per heavy atom. The number of terminal acetylenes is 1. The molecule has 0 aromatic heterocycles. The van der Waals surface area contributed by atoms with Gasteiger partial charge in [0.25, 0.3) is 0 Å². The molecule has 2 aromatic carbocycles. The van der Waals surface area contributed by atoms with E-state index < -0.39 is 17.4 Å². The molecule has 4 rings (SSSR count). The molecular formula is C22H19ClN2O3. The molecule has 1 saturated carbocycles. The number of ether oxygens (including phenoxy) is 1. The average molecular weight is 395 g/mol. The van der Waals surface area contributed by atoms with Gasteiger partial charge in [-0.2, -0.15) is 0 Å². The van der Waals surface area contributed by atoms with Crippen molar-refractivity contribution in [2.45, 2.75) is 37.3 Å². The van der Waals surface area contributed by atoms with Gasteiger partial charge in [-0.3, -0.25) is 14.5 Å². The van der Waals surface area contributed by atoms with Crippen molar-refractivity contribution in [2.75, 3.05) is 4.90 Å². The van der Waals surface area contributed by atoms with Gasteiger partial charge in [0.2, 0.25) is 5.91 Å². The van der Waals surface area contributed by atoms with Crippen LogP contribution in [0.4, 0.5) is 5.69 Å². The van der Waals surface area contributed by atoms with E-state index in [1.54, 1.807) is 18.2 Å². The summed E-state index contributed by atoms with van der Waals surface area (Å²) in [5, 5.41) is 0.356. The summed E-state index contributed by atoms with van der Waals surface area (Å²) in [4.78, 5) is 26.7. The van der Waals surface area contributed by atoms with Crippen LogP contribution in [0.25, 0.3) is 0 Å². The summed E-state index contributed by atoms with van der Waals surface area (Å²) in [6.45, 7) is 0. The van der Waals surface area contributed by atoms with Gasteiger partial charge < -0.3 is 10.5 Å². The normalized spacial score (nSPS) is 16.7. The predicted molar refractivity (Wildman–Crippen MR) is 107 cm³/mol. The lowest BCUT2D eigenvalue weighted by molar-refractivity contribution is -0.126. The summed E-state index contributed by atoms with van der Waals surface area (Å²) in [5.41, 5.74) is 6.90. The Morgan fingerprint density at radius 3 is 2.32 bits per heavy atom. The van der Waals surface area contributed by atoms with E-state index in [-0.39, 0.29) is 6.10 Å². The highest BCUT2D eigenvalue weighted by atomic mass is 35.5. The SMILES string of the molecule is C#CC(=O)N(c1ccc(OC2CC2)c(Cl)c1)C1(C(N)=O)Cc2ccccc2C1. The molecule has 0 unspecified atom stereocenters. The third-order valence-electron chi connectivity index (χ3n) is 5.29. The molecule has 0 heterocycles. The first kappa shape index (κ1) is 18.4. The fourth-order valence-corrected chi connectivity index (χ4v) is 3.97. The van der Waals surface area contributed by atoms with Crippen molar-refractivity contribution in [3.8, 4) is 18.1 Å². The summed E-state index contributed by atoms with van der Waals surface area (Å²) in [6.07, 6.45) is 8.22. The van der Waals surface area contributed by atoms with E-state index in [1.807, 2.05) is 24.3 Å². The van der Waals surface area contributed by atoms with Gasteiger partial charge in [-0.05, 0) is 48.1 Å². The van der Waals surface area contributed by atoms with Gasteiger partial charge in [-0.1, -0.05) is 35.9 Å². The summed E-state index contributed by atoms with van der Waals surface area (Å²) in [5.74, 6) is 1.42. The van der Waals surface area contributed by atoms with E-state index in [1.165, 1.54) is 4.90 Å². The zero-order valence-corrected chi connectivity index (χ0v) is 15.9. The molecule has 2 aliphatic rings. The quantitative estimate of drug-likeness (QED) is 0.792. The molecule has 28 heavy (non-hydrogen) atoms. The van der Waals surface area contributed by atoms with Crippen molar-refractivity contribution in [1.29, 1.82) is 0 Å². The number of primary amides is 1. The summed E-state index contributed by atoms with van der Waals surface area (Å²) < 4.78 is 5.76. The molecule has 0 atom stereocenters. The molecule has 6 heteroatoms. The second kappa shape index (κ2) is 6.88. The standard InChI is InChI=1S/C22H19ClN2O3/c1-2-20(26)25(16-7-10-19(18(23)11-16)28-17-8-9-17)22(21(24)27)12-14-5-3-4-6-15(14)13-22/h1,3-7,10-11,17H,8-9,12-13H2,(H2,24,27). The number of halogens is 1. The van der Waals surface area contributed by atoms with Crippen LogP contribution >= 0.6 is 11.6 Å². The Balaban J connectivity index is 1.77. The Hall–Kier alpha value is -2.97. The zero-order valence-electron chi connectivity index (χ0n) is 15.2. The summed E-state index contributed by atoms with van der Waals surface area (Å²) >= 11 is 6.38. The molecule has 142 valence electrons. The molecular weight excluding hydrogens is 376 g/mol. The number of carbonyl (C=O) groups excluding carboxylic acids is 2. The molecule has 0 saturated heterocycles. The smallest absolute Gasteiger partial charge is 0.303 e. The van der Waals surface area contributed by atoms with Crippen molar-refractivity contribution in [3.63, 3.8) is 0 Å². The van der Waals surface area contributed by atoms with Crippen molar-refractivity contribution in [3.05, 3.63) is 58.6 Å². The number of amides is 2. The van der Waals surface area contributed by atoms with Crippen LogP contribution in [-0.2, 0) is 22.4 Å². The lowest BCUT2D eigenvalue weighted by Crippen LogP contribution is -2.61. The average Bonchev–Trinajstić information content (AvgIpc) is 3.40. The number of rotatable bonds is 5. The fourth-order valence-electron chi connectivity index (χ4n) is 3.75. The van der Waals surface area contributed by atoms with E-state index in [0.29, 0.717) is 29.3 Å². The maximum Gasteiger partial charge on any atom is 0.303 e. The number of fused-ring (bicyclic) bond motifs is 1. The summed E-state index contributed by atoms with van der Waals surface area (Å²) in [6, 6.07) is 12.6. The van der Waals surface area contributed by atoms with Crippen LogP contribution < -0.4 is 15.4 Å². The number of hydrogen-bond donors (Lipinski definition) is 1. The molecule has 1 fully saturated rings. The molecule has 0 bridgehead atoms. The monoisotopic (exact) mass is 394 g/mol. The van der Waals surface area contributed by atoms with E-state index in [0.717, 1.165) is 24.0 Å². The number of nitrogens with two attached hydrogens (primary N) is 1. The lowest BCUT2D eigenvalue weighted by Gasteiger charge is -2.37. The number of benzene rings is 2. The third kappa shape index (κ3) is 3.10. The van der Waals surface area contributed by atoms with E-state index >= 15 is 0 Å². The molecule has 2 aliphatic carbocycles. The summed E-state index contributed by atoms with van der Waals surface area (Å²) in [7, 11) is 0. The highest BCUT2D eigenvalue weighted by molar-refractivity contribution is 6.32. The van der Waals surface area contributed by atoms with Crippen LogP contribution in [0.15, 0.2) is 42.5 Å². The Labute approximate surface area is 168 Å². The second-order valence-electron chi connectivity index (χ2n) is 7.23. The number of carbonyl (C=O) groups is 2. The van der Waals surface area contributed by atoms with E-state index in [9.17, 15) is 9.59 Å². The Morgan fingerprint density at radius 2 is 1.82 bits per heavy atom. The maximum atomic E-state index is 12.8. The first-order valence-corrected chi connectivity index (χ1v) is 9.46. The van der Waals surface area contributed by atoms with Gasteiger partial charge in [-0.25, -0.2) is 0 Å². The molecule has 0 radical (unpaired) electrons. The van der Waals surface area contributed by atoms with Crippen molar-refractivity contribution >= 4 is 29.1 Å². The molecule has 2 aromatic rings. The number of anilines is 1. The van der Waals surface area contributed by atoms with Crippen LogP contribution in [-0.4, -0.2) is 23.5 Å². The van der Waals surface area contributed by atoms with Crippen LogP contribution in [0, 0.1) is 12.3 Å². The van der Waals surface area contributed by atoms with Crippen LogP contribution in [0.1, 0.15) is 24.0 Å². The number of hydrogen-bond acceptors (Lipinski definition) is 3. The van der Waals surface area contributed by atoms with Gasteiger partial charge in [0.05, 0.1) is 11.1 Å². The van der Waals surface area contributed by atoms with E-state index in [4.69, 9.17) is 28.5 Å². The molecule has 0 aliphatic heterocycles. The van der Waals surface area contributed by atoms with Crippen molar-refractivity contribution in [1.82, 2.24) is 0 Å². The Kier molecular flexibility index (Phi) is 4.52. The molecule has 2 N–H and O–H groups in total. The third-order valence-corrected chi connectivity index (χ3v) is 5.58. The second-order valence-corrected chi connectivity index (χ2v) is 7.64. The minimum atomic E-state index is -1.28. The highest BCUT2D eigenvalue weighted by Gasteiger charge is 2.50. The predicted octanol–water partition coefficient (Wildman–Crippen LogP) is 2.87. The Bertz CT molecular complexity index is 982. The van der Waals surface area contributed by atoms with Gasteiger partial charge >= 0.3 is 5.91 Å². The first-order valence-electron chi connectivity index (χ1n) is 9.08. The number of nitrogens with zero attached hydrogens (tertiary/aromatic N) is 1. The van der Waals surface area contributed by atoms with Crippen LogP contribution in [0.3, 0.4) is 0 Å². The van der Waals surface area contributed by atoms with Gasteiger partial charge in [0.15, 0.2) is 0 Å². The molecule has 2 amide bonds. The van der Waals surface area contributed by atoms with Crippen LogP contribution in [0.2, 0.25) is 5.02 Å². The van der Waals surface area contributed by atoms with Gasteiger partial charge in [0.1, 0.15) is 11.3 Å². The minimum absolute atomic E-state index is 0.188. The van der Waals surface area contributed by atoms with Crippen molar-refractivity contribution < 1.29 is 14.3 Å². The fraction of sp³-hybridized carbons (Fsp3) is 0.273. The van der Waals surface area contributed by atoms with Gasteiger partial charge in [-0.15, -0.1) is 6.42 Å². The zero-order chi connectivity index (χ0) is 19.9. The van der Waals surface area contributed by atoms with E-state index in [2.05, 4.69) is 5.92 Å². The van der Waals surface area contributed by atoms with Crippen molar-refractivity contribution in [2.24, 2.45) is 5.73 Å². The van der Waals surface area contributed by atoms with Gasteiger partial charge in [0, 0.05) is 18.5 Å². The molecule has 0 spiro atoms. The topological polar surface area (TPSA) is 72.6 Å². The first-order chi connectivity index (χ1) is 13.4. The largest absolute Gasteiger partial charge is 0.489 e. The maximum absolute atomic E-state index is 12.8. The molecule has 5 nitrogen and oxygen atoms in total. The minimum Gasteiger partial charge on any atom is -0.489 e. The highest BCUT2D eigenvalue weighted by Crippen LogP contribution is 2.40. The lowest BCUT2D eigenvalue weighted by atomic mass is 9.91. The van der Waals surface area contributed by atoms with Crippen LogP contribution in [0.5, 0.6) is 5.75 Å².